The summed E-state index contributed by atoms with van der Waals surface area (Å²) in [6.45, 7) is 7.32. The Labute approximate surface area is 162 Å². The summed E-state index contributed by atoms with van der Waals surface area (Å²) in [4.78, 5) is 3.20. The zero-order valence-electron chi connectivity index (χ0n) is 16.0. The summed E-state index contributed by atoms with van der Waals surface area (Å²) in [5, 5.41) is 14.5. The molecule has 0 unspecified atom stereocenters. The predicted octanol–water partition coefficient (Wildman–Crippen LogP) is 3.46. The molecule has 27 heavy (non-hydrogen) atoms. The van der Waals surface area contributed by atoms with Crippen LogP contribution in [0.2, 0.25) is 0 Å². The van der Waals surface area contributed by atoms with E-state index >= 15 is 0 Å². The van der Waals surface area contributed by atoms with Crippen LogP contribution in [-0.4, -0.2) is 58.1 Å². The van der Waals surface area contributed by atoms with E-state index in [1.807, 2.05) is 36.6 Å². The maximum absolute atomic E-state index is 5.75. The van der Waals surface area contributed by atoms with Crippen LogP contribution in [0.3, 0.4) is 0 Å². The first-order chi connectivity index (χ1) is 13.2. The van der Waals surface area contributed by atoms with Gasteiger partial charge in [-0.05, 0) is 65.0 Å². The second-order valence-corrected chi connectivity index (χ2v) is 7.72. The van der Waals surface area contributed by atoms with Crippen LogP contribution in [-0.2, 0) is 0 Å². The van der Waals surface area contributed by atoms with Gasteiger partial charge in [0.15, 0.2) is 17.3 Å². The monoisotopic (exact) mass is 387 g/mol. The van der Waals surface area contributed by atoms with E-state index in [0.29, 0.717) is 19.1 Å². The van der Waals surface area contributed by atoms with Gasteiger partial charge in [0.05, 0.1) is 13.2 Å². The molecule has 0 amide bonds. The third-order valence-corrected chi connectivity index (χ3v) is 5.84. The molecular weight excluding hydrogens is 362 g/mol. The average molecular weight is 388 g/mol. The highest BCUT2D eigenvalue weighted by atomic mass is 32.1. The van der Waals surface area contributed by atoms with Crippen molar-refractivity contribution in [1.29, 1.82) is 0 Å². The molecule has 1 aromatic carbocycles. The number of ether oxygens (including phenoxy) is 2. The first-order valence-corrected chi connectivity index (χ1v) is 10.3. The van der Waals surface area contributed by atoms with Gasteiger partial charge in [0, 0.05) is 11.5 Å². The van der Waals surface area contributed by atoms with Crippen molar-refractivity contribution < 1.29 is 9.47 Å². The molecule has 2 aromatic heterocycles. The number of hydrogen-bond acceptors (Lipinski definition) is 7. The third kappa shape index (κ3) is 3.64. The van der Waals surface area contributed by atoms with Crippen molar-refractivity contribution in [3.63, 3.8) is 0 Å². The van der Waals surface area contributed by atoms with E-state index in [1.54, 1.807) is 11.3 Å². The zero-order valence-corrected chi connectivity index (χ0v) is 16.8. The quantitative estimate of drug-likeness (QED) is 0.645. The van der Waals surface area contributed by atoms with Crippen molar-refractivity contribution in [1.82, 2.24) is 24.7 Å². The molecule has 0 N–H and O–H groups in total. The second kappa shape index (κ2) is 7.82. The maximum Gasteiger partial charge on any atom is 0.234 e. The third-order valence-electron chi connectivity index (χ3n) is 4.89. The van der Waals surface area contributed by atoms with Gasteiger partial charge in [0.25, 0.3) is 0 Å². The normalized spacial score (nSPS) is 16.1. The van der Waals surface area contributed by atoms with Gasteiger partial charge in [-0.25, -0.2) is 0 Å². The minimum atomic E-state index is 0.422. The number of rotatable bonds is 6. The van der Waals surface area contributed by atoms with E-state index in [0.717, 1.165) is 58.8 Å². The van der Waals surface area contributed by atoms with Gasteiger partial charge in [0.1, 0.15) is 5.01 Å². The summed E-state index contributed by atoms with van der Waals surface area (Å²) in [6.07, 6.45) is 2.20. The van der Waals surface area contributed by atoms with Crippen molar-refractivity contribution in [2.24, 2.45) is 0 Å². The summed E-state index contributed by atoms with van der Waals surface area (Å²) >= 11 is 1.55. The molecule has 144 valence electrons. The fourth-order valence-electron chi connectivity index (χ4n) is 3.45. The van der Waals surface area contributed by atoms with Gasteiger partial charge in [0.2, 0.25) is 4.96 Å². The molecule has 1 aliphatic rings. The molecule has 3 aromatic rings. The Hall–Kier alpha value is -2.19. The maximum atomic E-state index is 5.75. The first-order valence-electron chi connectivity index (χ1n) is 9.50. The van der Waals surface area contributed by atoms with Crippen LogP contribution in [0, 0.1) is 0 Å². The molecular formula is C19H25N5O2S. The molecule has 1 fully saturated rings. The smallest absolute Gasteiger partial charge is 0.234 e. The lowest BCUT2D eigenvalue weighted by molar-refractivity contribution is 0.250. The van der Waals surface area contributed by atoms with Crippen LogP contribution in [0.1, 0.15) is 38.4 Å². The lowest BCUT2D eigenvalue weighted by atomic mass is 9.96. The van der Waals surface area contributed by atoms with E-state index in [1.165, 1.54) is 0 Å². The molecule has 0 radical (unpaired) electrons. The van der Waals surface area contributed by atoms with Gasteiger partial charge >= 0.3 is 0 Å². The highest BCUT2D eigenvalue weighted by molar-refractivity contribution is 7.19. The number of hydrogen-bond donors (Lipinski definition) is 0. The van der Waals surface area contributed by atoms with E-state index in [9.17, 15) is 0 Å². The van der Waals surface area contributed by atoms with Crippen LogP contribution in [0.4, 0.5) is 0 Å². The van der Waals surface area contributed by atoms with Crippen molar-refractivity contribution in [3.05, 3.63) is 24.0 Å². The Morgan fingerprint density at radius 1 is 1.07 bits per heavy atom. The van der Waals surface area contributed by atoms with Gasteiger partial charge in [-0.1, -0.05) is 11.3 Å². The van der Waals surface area contributed by atoms with Crippen LogP contribution in [0.25, 0.3) is 15.5 Å². The van der Waals surface area contributed by atoms with Crippen molar-refractivity contribution in [2.75, 3.05) is 33.4 Å². The minimum absolute atomic E-state index is 0.422. The zero-order chi connectivity index (χ0) is 18.8. The molecule has 3 heterocycles. The molecule has 7 nitrogen and oxygen atoms in total. The SMILES string of the molecule is CCOc1ccc(-c2nn3c(C4CCN(C)CC4)nnc3s2)cc1OCC. The van der Waals surface area contributed by atoms with E-state index in [-0.39, 0.29) is 0 Å². The molecule has 0 aliphatic carbocycles. The Morgan fingerprint density at radius 2 is 1.81 bits per heavy atom. The molecule has 1 saturated heterocycles. The molecule has 0 atom stereocenters. The highest BCUT2D eigenvalue weighted by Crippen LogP contribution is 2.35. The van der Waals surface area contributed by atoms with Gasteiger partial charge < -0.3 is 14.4 Å². The first kappa shape index (κ1) is 18.2. The van der Waals surface area contributed by atoms with Crippen LogP contribution in [0.5, 0.6) is 11.5 Å². The molecule has 0 spiro atoms. The van der Waals surface area contributed by atoms with Crippen LogP contribution in [0.15, 0.2) is 18.2 Å². The lowest BCUT2D eigenvalue weighted by Crippen LogP contribution is -2.30. The summed E-state index contributed by atoms with van der Waals surface area (Å²) in [6, 6.07) is 5.97. The topological polar surface area (TPSA) is 64.8 Å². The average Bonchev–Trinajstić information content (AvgIpc) is 3.25. The van der Waals surface area contributed by atoms with Crippen LogP contribution < -0.4 is 9.47 Å². The second-order valence-electron chi connectivity index (χ2n) is 6.76. The number of piperidine rings is 1. The number of aromatic nitrogens is 4. The molecule has 4 rings (SSSR count). The summed E-state index contributed by atoms with van der Waals surface area (Å²) in [7, 11) is 2.17. The van der Waals surface area contributed by atoms with E-state index < -0.39 is 0 Å². The van der Waals surface area contributed by atoms with Crippen molar-refractivity contribution in [3.8, 4) is 22.1 Å². The van der Waals surface area contributed by atoms with Gasteiger partial charge in [-0.2, -0.15) is 9.61 Å². The molecule has 0 saturated carbocycles. The van der Waals surface area contributed by atoms with Gasteiger partial charge in [-0.3, -0.25) is 0 Å². The Balaban J connectivity index is 1.65. The highest BCUT2D eigenvalue weighted by Gasteiger charge is 2.25. The van der Waals surface area contributed by atoms with Crippen LogP contribution >= 0.6 is 11.3 Å². The van der Waals surface area contributed by atoms with E-state index in [4.69, 9.17) is 14.6 Å². The Kier molecular flexibility index (Phi) is 5.27. The van der Waals surface area contributed by atoms with Crippen molar-refractivity contribution >= 4 is 16.3 Å². The minimum Gasteiger partial charge on any atom is -0.490 e. The lowest BCUT2D eigenvalue weighted by Gasteiger charge is -2.27. The summed E-state index contributed by atoms with van der Waals surface area (Å²) < 4.78 is 13.3. The number of nitrogens with zero attached hydrogens (tertiary/aromatic N) is 5. The standard InChI is InChI=1S/C19H25N5O2S/c1-4-25-15-7-6-14(12-16(15)26-5-2)18-22-24-17(20-21-19(24)27-18)13-8-10-23(3)11-9-13/h6-7,12-13H,4-5,8-11H2,1-3H3. The largest absolute Gasteiger partial charge is 0.490 e. The fourth-order valence-corrected chi connectivity index (χ4v) is 4.30. The summed E-state index contributed by atoms with van der Waals surface area (Å²) in [5.74, 6) is 2.92. The van der Waals surface area contributed by atoms with E-state index in [2.05, 4.69) is 22.1 Å². The number of fused-ring (bicyclic) bond motifs is 1. The Morgan fingerprint density at radius 3 is 2.56 bits per heavy atom. The molecule has 8 heteroatoms. The summed E-state index contributed by atoms with van der Waals surface area (Å²) in [5.41, 5.74) is 1.01. The molecule has 1 aliphatic heterocycles. The fraction of sp³-hybridized carbons (Fsp3) is 0.526. The number of likely N-dealkylation sites (tertiary alicyclic amines) is 1. The number of benzene rings is 1. The van der Waals surface area contributed by atoms with Gasteiger partial charge in [-0.15, -0.1) is 10.2 Å². The Bertz CT molecular complexity index is 914. The molecule has 0 bridgehead atoms. The van der Waals surface area contributed by atoms with Crippen molar-refractivity contribution in [2.45, 2.75) is 32.6 Å². The predicted molar refractivity (Wildman–Crippen MR) is 106 cm³/mol.